The van der Waals surface area contributed by atoms with Crippen LogP contribution in [-0.2, 0) is 10.0 Å². The molecule has 1 N–H and O–H groups in total. The number of nitrogens with zero attached hydrogens (tertiary/aromatic N) is 1. The second-order valence-electron chi connectivity index (χ2n) is 6.64. The van der Waals surface area contributed by atoms with Gasteiger partial charge in [-0.25, -0.2) is 8.42 Å². The minimum absolute atomic E-state index is 0.108. The highest BCUT2D eigenvalue weighted by atomic mass is 79.9. The van der Waals surface area contributed by atoms with Crippen LogP contribution in [0.2, 0.25) is 0 Å². The van der Waals surface area contributed by atoms with Crippen LogP contribution in [0.3, 0.4) is 0 Å². The number of amides is 1. The molecule has 1 aliphatic heterocycles. The minimum atomic E-state index is -3.65. The number of rotatable bonds is 5. The van der Waals surface area contributed by atoms with E-state index >= 15 is 0 Å². The number of sulfonamides is 1. The lowest BCUT2D eigenvalue weighted by Crippen LogP contribution is -2.32. The maximum Gasteiger partial charge on any atom is 0.259 e. The molecule has 0 saturated carbocycles. The van der Waals surface area contributed by atoms with Gasteiger partial charge in [0.05, 0.1) is 17.6 Å². The summed E-state index contributed by atoms with van der Waals surface area (Å²) in [5.41, 5.74) is 0.789. The Balaban J connectivity index is 1.90. The van der Waals surface area contributed by atoms with Crippen LogP contribution in [0.25, 0.3) is 0 Å². The van der Waals surface area contributed by atoms with Gasteiger partial charge in [0.15, 0.2) is 0 Å². The van der Waals surface area contributed by atoms with Gasteiger partial charge in [-0.2, -0.15) is 4.31 Å². The summed E-state index contributed by atoms with van der Waals surface area (Å²) in [6.45, 7) is 1.02. The van der Waals surface area contributed by atoms with Gasteiger partial charge in [0.25, 0.3) is 5.91 Å². The molecule has 2 aromatic rings. The molecule has 0 spiro atoms. The topological polar surface area (TPSA) is 75.7 Å². The molecule has 8 heteroatoms. The third kappa shape index (κ3) is 4.74. The van der Waals surface area contributed by atoms with Gasteiger partial charge in [0.2, 0.25) is 10.0 Å². The smallest absolute Gasteiger partial charge is 0.259 e. The quantitative estimate of drug-likeness (QED) is 0.713. The fourth-order valence-electron chi connectivity index (χ4n) is 3.19. The first-order valence-corrected chi connectivity index (χ1v) is 11.4. The number of carbonyl (C=O) groups excluding carboxylic acids is 1. The number of ether oxygens (including phenoxy) is 1. The summed E-state index contributed by atoms with van der Waals surface area (Å²) in [4.78, 5) is 12.9. The zero-order valence-corrected chi connectivity index (χ0v) is 18.1. The summed E-state index contributed by atoms with van der Waals surface area (Å²) in [5.74, 6) is -0.100. The number of carbonyl (C=O) groups is 1. The molecule has 1 heterocycles. The number of anilines is 1. The summed E-state index contributed by atoms with van der Waals surface area (Å²) in [6.07, 6.45) is 3.78. The SMILES string of the molecule is COc1ccc(S(=O)(=O)N2CCCCCC2)cc1C(=O)Nc1ccc(Br)cc1. The van der Waals surface area contributed by atoms with Crippen LogP contribution in [0.15, 0.2) is 51.8 Å². The molecule has 0 aliphatic carbocycles. The molecule has 1 fully saturated rings. The summed E-state index contributed by atoms with van der Waals surface area (Å²) in [6, 6.07) is 11.6. The van der Waals surface area contributed by atoms with E-state index in [-0.39, 0.29) is 10.5 Å². The molecule has 3 rings (SSSR count). The van der Waals surface area contributed by atoms with E-state index < -0.39 is 15.9 Å². The van der Waals surface area contributed by atoms with Gasteiger partial charge in [-0.3, -0.25) is 4.79 Å². The van der Waals surface area contributed by atoms with Gasteiger partial charge >= 0.3 is 0 Å². The van der Waals surface area contributed by atoms with E-state index in [2.05, 4.69) is 21.2 Å². The van der Waals surface area contributed by atoms with E-state index in [0.717, 1.165) is 30.2 Å². The number of hydrogen-bond acceptors (Lipinski definition) is 4. The highest BCUT2D eigenvalue weighted by Gasteiger charge is 2.27. The van der Waals surface area contributed by atoms with Crippen molar-refractivity contribution in [2.45, 2.75) is 30.6 Å². The first-order valence-electron chi connectivity index (χ1n) is 9.17. The second kappa shape index (κ2) is 9.07. The minimum Gasteiger partial charge on any atom is -0.496 e. The lowest BCUT2D eigenvalue weighted by Gasteiger charge is -2.20. The van der Waals surface area contributed by atoms with E-state index in [1.807, 2.05) is 12.1 Å². The summed E-state index contributed by atoms with van der Waals surface area (Å²) in [5, 5.41) is 2.78. The number of hydrogen-bond donors (Lipinski definition) is 1. The maximum absolute atomic E-state index is 13.1. The highest BCUT2D eigenvalue weighted by Crippen LogP contribution is 2.27. The molecule has 2 aromatic carbocycles. The molecule has 6 nitrogen and oxygen atoms in total. The Hall–Kier alpha value is -1.90. The normalized spacial score (nSPS) is 15.6. The van der Waals surface area contributed by atoms with Crippen molar-refractivity contribution in [3.8, 4) is 5.75 Å². The van der Waals surface area contributed by atoms with Crippen molar-refractivity contribution in [1.29, 1.82) is 0 Å². The predicted octanol–water partition coefficient (Wildman–Crippen LogP) is 4.27. The number of nitrogens with one attached hydrogen (secondary N) is 1. The fraction of sp³-hybridized carbons (Fsp3) is 0.350. The van der Waals surface area contributed by atoms with Gasteiger partial charge < -0.3 is 10.1 Å². The first-order chi connectivity index (χ1) is 13.4. The third-order valence-electron chi connectivity index (χ3n) is 4.72. The molecule has 1 aliphatic rings. The largest absolute Gasteiger partial charge is 0.496 e. The van der Waals surface area contributed by atoms with Crippen LogP contribution in [0.5, 0.6) is 5.75 Å². The van der Waals surface area contributed by atoms with Crippen molar-refractivity contribution in [1.82, 2.24) is 4.31 Å². The van der Waals surface area contributed by atoms with E-state index in [9.17, 15) is 13.2 Å². The van der Waals surface area contributed by atoms with Crippen LogP contribution >= 0.6 is 15.9 Å². The summed E-state index contributed by atoms with van der Waals surface area (Å²) >= 11 is 3.35. The number of methoxy groups -OCH3 is 1. The molecule has 0 atom stereocenters. The zero-order valence-electron chi connectivity index (χ0n) is 15.7. The lowest BCUT2D eigenvalue weighted by molar-refractivity contribution is 0.102. The molecule has 1 amide bonds. The summed E-state index contributed by atoms with van der Waals surface area (Å²) in [7, 11) is -2.20. The number of benzene rings is 2. The van der Waals surface area contributed by atoms with E-state index in [0.29, 0.717) is 24.5 Å². The van der Waals surface area contributed by atoms with Gasteiger partial charge in [0, 0.05) is 23.2 Å². The van der Waals surface area contributed by atoms with Gasteiger partial charge in [-0.05, 0) is 55.3 Å². The molecule has 28 heavy (non-hydrogen) atoms. The molecule has 150 valence electrons. The molecule has 0 radical (unpaired) electrons. The van der Waals surface area contributed by atoms with Gasteiger partial charge in [-0.15, -0.1) is 0 Å². The Morgan fingerprint density at radius 3 is 2.29 bits per heavy atom. The summed E-state index contributed by atoms with van der Waals surface area (Å²) < 4.78 is 33.8. The average Bonchev–Trinajstić information content (AvgIpc) is 2.99. The van der Waals surface area contributed by atoms with Crippen molar-refractivity contribution in [3.05, 3.63) is 52.5 Å². The van der Waals surface area contributed by atoms with Crippen LogP contribution in [0, 0.1) is 0 Å². The van der Waals surface area contributed by atoms with Crippen molar-refractivity contribution in [2.75, 3.05) is 25.5 Å². The third-order valence-corrected chi connectivity index (χ3v) is 7.14. The first kappa shape index (κ1) is 20.8. The molecular formula is C20H23BrN2O4S. The van der Waals surface area contributed by atoms with Crippen LogP contribution in [0.1, 0.15) is 36.0 Å². The predicted molar refractivity (Wildman–Crippen MR) is 112 cm³/mol. The van der Waals surface area contributed by atoms with Gasteiger partial charge in [0.1, 0.15) is 5.75 Å². The highest BCUT2D eigenvalue weighted by molar-refractivity contribution is 9.10. The van der Waals surface area contributed by atoms with E-state index in [4.69, 9.17) is 4.74 Å². The Labute approximate surface area is 174 Å². The van der Waals surface area contributed by atoms with Crippen molar-refractivity contribution < 1.29 is 17.9 Å². The van der Waals surface area contributed by atoms with Crippen molar-refractivity contribution in [3.63, 3.8) is 0 Å². The Morgan fingerprint density at radius 2 is 1.68 bits per heavy atom. The zero-order chi connectivity index (χ0) is 20.1. The van der Waals surface area contributed by atoms with Crippen molar-refractivity contribution in [2.24, 2.45) is 0 Å². The molecule has 0 unspecified atom stereocenters. The Bertz CT molecular complexity index is 937. The molecule has 0 bridgehead atoms. The molecular weight excluding hydrogens is 444 g/mol. The molecule has 1 saturated heterocycles. The monoisotopic (exact) mass is 466 g/mol. The average molecular weight is 467 g/mol. The van der Waals surface area contributed by atoms with Crippen LogP contribution in [-0.4, -0.2) is 38.8 Å². The standard InChI is InChI=1S/C20H23BrN2O4S/c1-27-19-11-10-17(28(25,26)23-12-4-2-3-5-13-23)14-18(19)20(24)22-16-8-6-15(21)7-9-16/h6-11,14H,2-5,12-13H2,1H3,(H,22,24). The van der Waals surface area contributed by atoms with E-state index in [1.54, 1.807) is 12.1 Å². The second-order valence-corrected chi connectivity index (χ2v) is 9.50. The Kier molecular flexibility index (Phi) is 6.74. The van der Waals surface area contributed by atoms with Gasteiger partial charge in [-0.1, -0.05) is 28.8 Å². The lowest BCUT2D eigenvalue weighted by atomic mass is 10.2. The molecule has 0 aromatic heterocycles. The maximum atomic E-state index is 13.1. The van der Waals surface area contributed by atoms with E-state index in [1.165, 1.54) is 29.6 Å². The van der Waals surface area contributed by atoms with Crippen LogP contribution < -0.4 is 10.1 Å². The number of halogens is 1. The Morgan fingerprint density at radius 1 is 1.04 bits per heavy atom. The fourth-order valence-corrected chi connectivity index (χ4v) is 5.00. The van der Waals surface area contributed by atoms with Crippen LogP contribution in [0.4, 0.5) is 5.69 Å². The van der Waals surface area contributed by atoms with Crippen molar-refractivity contribution >= 4 is 37.5 Å².